The van der Waals surface area contributed by atoms with Crippen molar-refractivity contribution in [1.82, 2.24) is 5.32 Å². The molecule has 0 radical (unpaired) electrons. The number of nitrogens with one attached hydrogen (secondary N) is 1. The molecule has 1 aliphatic heterocycles. The summed E-state index contributed by atoms with van der Waals surface area (Å²) in [5.41, 5.74) is 0.263. The highest BCUT2D eigenvalue weighted by molar-refractivity contribution is 5.76. The van der Waals surface area contributed by atoms with E-state index in [1.54, 1.807) is 0 Å². The van der Waals surface area contributed by atoms with E-state index in [0.717, 1.165) is 45.4 Å². The van der Waals surface area contributed by atoms with Crippen molar-refractivity contribution in [3.05, 3.63) is 0 Å². The zero-order valence-electron chi connectivity index (χ0n) is 10.8. The maximum atomic E-state index is 11.7. The molecule has 4 nitrogen and oxygen atoms in total. The highest BCUT2D eigenvalue weighted by atomic mass is 16.5. The highest BCUT2D eigenvalue weighted by Crippen LogP contribution is 2.34. The lowest BCUT2D eigenvalue weighted by Gasteiger charge is -2.34. The largest absolute Gasteiger partial charge is 0.468 e. The van der Waals surface area contributed by atoms with Gasteiger partial charge in [0.25, 0.3) is 0 Å². The van der Waals surface area contributed by atoms with Crippen molar-refractivity contribution in [3.8, 4) is 0 Å². The third kappa shape index (κ3) is 3.42. The Hall–Kier alpha value is -0.610. The van der Waals surface area contributed by atoms with Gasteiger partial charge in [0.05, 0.1) is 7.11 Å². The zero-order valence-corrected chi connectivity index (χ0v) is 10.8. The van der Waals surface area contributed by atoms with Gasteiger partial charge in [0.2, 0.25) is 0 Å². The summed E-state index contributed by atoms with van der Waals surface area (Å²) >= 11 is 0. The molecule has 1 unspecified atom stereocenters. The second-order valence-corrected chi connectivity index (χ2v) is 5.64. The fraction of sp³-hybridized carbons (Fsp3) is 0.923. The van der Waals surface area contributed by atoms with Gasteiger partial charge in [-0.1, -0.05) is 6.92 Å². The molecule has 0 aromatic heterocycles. The minimum atomic E-state index is -0.108. The van der Waals surface area contributed by atoms with Crippen molar-refractivity contribution in [2.75, 3.05) is 26.9 Å². The summed E-state index contributed by atoms with van der Waals surface area (Å²) in [5, 5.41) is 3.41. The van der Waals surface area contributed by atoms with E-state index < -0.39 is 0 Å². The highest BCUT2D eigenvalue weighted by Gasteiger charge is 2.38. The number of rotatable bonds is 5. The number of esters is 1. The average molecular weight is 241 g/mol. The summed E-state index contributed by atoms with van der Waals surface area (Å²) in [4.78, 5) is 11.7. The van der Waals surface area contributed by atoms with Crippen LogP contribution in [0.1, 0.15) is 32.6 Å². The first-order valence-corrected chi connectivity index (χ1v) is 6.54. The van der Waals surface area contributed by atoms with Crippen LogP contribution in [0.2, 0.25) is 0 Å². The van der Waals surface area contributed by atoms with Crippen LogP contribution in [0.3, 0.4) is 0 Å². The van der Waals surface area contributed by atoms with Gasteiger partial charge >= 0.3 is 5.97 Å². The van der Waals surface area contributed by atoms with Crippen molar-refractivity contribution in [2.45, 2.75) is 38.6 Å². The van der Waals surface area contributed by atoms with Crippen LogP contribution in [0.5, 0.6) is 0 Å². The maximum absolute atomic E-state index is 11.7. The number of hydrogen-bond acceptors (Lipinski definition) is 4. The van der Waals surface area contributed by atoms with E-state index in [1.165, 1.54) is 7.11 Å². The van der Waals surface area contributed by atoms with Gasteiger partial charge in [0.1, 0.15) is 6.04 Å². The van der Waals surface area contributed by atoms with Crippen LogP contribution >= 0.6 is 0 Å². The molecule has 17 heavy (non-hydrogen) atoms. The fourth-order valence-electron chi connectivity index (χ4n) is 2.40. The van der Waals surface area contributed by atoms with Gasteiger partial charge in [0.15, 0.2) is 0 Å². The summed E-state index contributed by atoms with van der Waals surface area (Å²) in [5.74, 6) is 0.383. The third-order valence-corrected chi connectivity index (χ3v) is 4.00. The molecule has 1 saturated heterocycles. The van der Waals surface area contributed by atoms with E-state index in [0.29, 0.717) is 5.92 Å². The normalized spacial score (nSPS) is 25.3. The first kappa shape index (κ1) is 12.8. The summed E-state index contributed by atoms with van der Waals surface area (Å²) in [6.07, 6.45) is 4.43. The Bertz CT molecular complexity index is 270. The molecule has 4 heteroatoms. The lowest BCUT2D eigenvalue weighted by atomic mass is 9.82. The lowest BCUT2D eigenvalue weighted by Crippen LogP contribution is -2.46. The van der Waals surface area contributed by atoms with Crippen LogP contribution in [0.4, 0.5) is 0 Å². The zero-order chi connectivity index (χ0) is 12.3. The smallest absolute Gasteiger partial charge is 0.323 e. The molecule has 2 rings (SSSR count). The van der Waals surface area contributed by atoms with Crippen LogP contribution in [0, 0.1) is 11.3 Å². The molecule has 2 fully saturated rings. The summed E-state index contributed by atoms with van der Waals surface area (Å²) in [7, 11) is 1.47. The van der Waals surface area contributed by atoms with Crippen LogP contribution in [0.25, 0.3) is 0 Å². The van der Waals surface area contributed by atoms with Gasteiger partial charge in [-0.2, -0.15) is 0 Å². The Morgan fingerprint density at radius 1 is 1.47 bits per heavy atom. The Morgan fingerprint density at radius 3 is 2.65 bits per heavy atom. The van der Waals surface area contributed by atoms with Crippen LogP contribution in [0.15, 0.2) is 0 Å². The topological polar surface area (TPSA) is 47.6 Å². The number of carbonyl (C=O) groups excluding carboxylic acids is 1. The molecule has 0 bridgehead atoms. The van der Waals surface area contributed by atoms with E-state index in [2.05, 4.69) is 12.2 Å². The van der Waals surface area contributed by atoms with E-state index in [1.807, 2.05) is 0 Å². The van der Waals surface area contributed by atoms with Crippen molar-refractivity contribution in [3.63, 3.8) is 0 Å². The minimum Gasteiger partial charge on any atom is -0.468 e. The Labute approximate surface area is 103 Å². The van der Waals surface area contributed by atoms with E-state index in [-0.39, 0.29) is 17.4 Å². The number of carbonyl (C=O) groups is 1. The van der Waals surface area contributed by atoms with Crippen LogP contribution < -0.4 is 5.32 Å². The molecule has 1 heterocycles. The van der Waals surface area contributed by atoms with Crippen LogP contribution in [-0.4, -0.2) is 38.9 Å². The first-order valence-electron chi connectivity index (χ1n) is 6.54. The standard InChI is InChI=1S/C13H23NO3/c1-13(5-7-17-8-6-13)9-14-11(10-3-4-10)12(15)16-2/h10-11,14H,3-9H2,1-2H3. The van der Waals surface area contributed by atoms with Crippen molar-refractivity contribution in [2.24, 2.45) is 11.3 Å². The molecule has 0 spiro atoms. The molecule has 2 aliphatic rings. The lowest BCUT2D eigenvalue weighted by molar-refractivity contribution is -0.143. The predicted molar refractivity (Wildman–Crippen MR) is 64.7 cm³/mol. The molecule has 1 atom stereocenters. The van der Waals surface area contributed by atoms with Crippen LogP contribution in [-0.2, 0) is 14.3 Å². The third-order valence-electron chi connectivity index (χ3n) is 4.00. The SMILES string of the molecule is COC(=O)C(NCC1(C)CCOCC1)C1CC1. The Morgan fingerprint density at radius 2 is 2.12 bits per heavy atom. The van der Waals surface area contributed by atoms with Gasteiger partial charge in [0, 0.05) is 19.8 Å². The first-order chi connectivity index (χ1) is 8.14. The molecule has 0 amide bonds. The summed E-state index contributed by atoms with van der Waals surface area (Å²) in [6, 6.07) is -0.0975. The number of ether oxygens (including phenoxy) is 2. The quantitative estimate of drug-likeness (QED) is 0.738. The average Bonchev–Trinajstić information content (AvgIpc) is 3.14. The molecule has 0 aromatic rings. The molecule has 0 aromatic carbocycles. The van der Waals surface area contributed by atoms with Crippen molar-refractivity contribution in [1.29, 1.82) is 0 Å². The summed E-state index contributed by atoms with van der Waals surface area (Å²) < 4.78 is 10.2. The van der Waals surface area contributed by atoms with Gasteiger partial charge in [-0.15, -0.1) is 0 Å². The molecule has 98 valence electrons. The Kier molecular flexibility index (Phi) is 4.05. The fourth-order valence-corrected chi connectivity index (χ4v) is 2.40. The summed E-state index contributed by atoms with van der Waals surface area (Å²) in [6.45, 7) is 4.82. The second-order valence-electron chi connectivity index (χ2n) is 5.64. The van der Waals surface area contributed by atoms with Crippen molar-refractivity contribution >= 4 is 5.97 Å². The number of hydrogen-bond donors (Lipinski definition) is 1. The van der Waals surface area contributed by atoms with Gasteiger partial charge in [-0.05, 0) is 37.0 Å². The van der Waals surface area contributed by atoms with E-state index >= 15 is 0 Å². The van der Waals surface area contributed by atoms with Gasteiger partial charge < -0.3 is 14.8 Å². The Balaban J connectivity index is 1.83. The molecule has 1 aliphatic carbocycles. The molecular formula is C13H23NO3. The van der Waals surface area contributed by atoms with Gasteiger partial charge in [-0.25, -0.2) is 0 Å². The monoisotopic (exact) mass is 241 g/mol. The molecule has 1 N–H and O–H groups in total. The maximum Gasteiger partial charge on any atom is 0.323 e. The van der Waals surface area contributed by atoms with Crippen molar-refractivity contribution < 1.29 is 14.3 Å². The molecular weight excluding hydrogens is 218 g/mol. The van der Waals surface area contributed by atoms with E-state index in [9.17, 15) is 4.79 Å². The molecule has 1 saturated carbocycles. The predicted octanol–water partition coefficient (Wildman–Crippen LogP) is 1.34. The van der Waals surface area contributed by atoms with Gasteiger partial charge in [-0.3, -0.25) is 4.79 Å². The second kappa shape index (κ2) is 5.36. The minimum absolute atomic E-state index is 0.0975. The number of methoxy groups -OCH3 is 1. The van der Waals surface area contributed by atoms with E-state index in [4.69, 9.17) is 9.47 Å².